The van der Waals surface area contributed by atoms with Crippen LogP contribution in [0.25, 0.3) is 11.4 Å². The Morgan fingerprint density at radius 2 is 1.76 bits per heavy atom. The zero-order valence-electron chi connectivity index (χ0n) is 15.8. The lowest BCUT2D eigenvalue weighted by Crippen LogP contribution is -2.18. The maximum atomic E-state index is 13.0. The number of anilines is 1. The third-order valence-corrected chi connectivity index (χ3v) is 4.33. The molecular formula is C22H19N5O2. The van der Waals surface area contributed by atoms with Crippen molar-refractivity contribution in [3.63, 3.8) is 0 Å². The van der Waals surface area contributed by atoms with Crippen LogP contribution in [0.15, 0.2) is 79.0 Å². The van der Waals surface area contributed by atoms with Gasteiger partial charge in [0.05, 0.1) is 7.11 Å². The van der Waals surface area contributed by atoms with Gasteiger partial charge in [-0.05, 0) is 42.0 Å². The van der Waals surface area contributed by atoms with E-state index in [1.165, 1.54) is 4.68 Å². The zero-order chi connectivity index (χ0) is 20.1. The van der Waals surface area contributed by atoms with Crippen molar-refractivity contribution in [1.29, 1.82) is 0 Å². The molecule has 0 spiro atoms. The van der Waals surface area contributed by atoms with Gasteiger partial charge in [-0.25, -0.2) is 0 Å². The van der Waals surface area contributed by atoms with Gasteiger partial charge in [-0.2, -0.15) is 9.67 Å². The smallest absolute Gasteiger partial charge is 0.299 e. The number of methoxy groups -OCH3 is 1. The summed E-state index contributed by atoms with van der Waals surface area (Å²) in [5.74, 6) is 1.18. The molecule has 7 nitrogen and oxygen atoms in total. The highest BCUT2D eigenvalue weighted by molar-refractivity contribution is 5.95. The second-order valence-electron chi connectivity index (χ2n) is 6.26. The van der Waals surface area contributed by atoms with Crippen LogP contribution in [0, 0.1) is 0 Å². The Labute approximate surface area is 168 Å². The lowest BCUT2D eigenvalue weighted by molar-refractivity contribution is 0.0942. The summed E-state index contributed by atoms with van der Waals surface area (Å²) >= 11 is 0. The van der Waals surface area contributed by atoms with E-state index in [1.807, 2.05) is 54.6 Å². The molecule has 29 heavy (non-hydrogen) atoms. The number of carbonyl (C=O) groups is 1. The standard InChI is InChI=1S/C22H19N5O2/c1-29-18-12-10-17(11-13-18)20-25-22(24-15-16-7-3-2-4-8-16)27(26-20)21(28)19-9-5-6-14-23-19/h2-14H,15H2,1H3,(H,24,25,26). The van der Waals surface area contributed by atoms with Crippen LogP contribution in [0.1, 0.15) is 16.1 Å². The second-order valence-corrected chi connectivity index (χ2v) is 6.26. The molecule has 0 bridgehead atoms. The number of ether oxygens (including phenoxy) is 1. The molecule has 4 aromatic rings. The van der Waals surface area contributed by atoms with Crippen molar-refractivity contribution in [3.05, 3.63) is 90.3 Å². The molecule has 0 saturated carbocycles. The van der Waals surface area contributed by atoms with Crippen molar-refractivity contribution < 1.29 is 9.53 Å². The topological polar surface area (TPSA) is 81.9 Å². The van der Waals surface area contributed by atoms with Gasteiger partial charge in [0, 0.05) is 18.3 Å². The van der Waals surface area contributed by atoms with Crippen molar-refractivity contribution in [3.8, 4) is 17.1 Å². The molecule has 0 aliphatic heterocycles. The van der Waals surface area contributed by atoms with Crippen LogP contribution in [0.5, 0.6) is 5.75 Å². The predicted octanol–water partition coefficient (Wildman–Crippen LogP) is 3.65. The Morgan fingerprint density at radius 1 is 1.00 bits per heavy atom. The highest BCUT2D eigenvalue weighted by atomic mass is 16.5. The molecule has 2 aromatic heterocycles. The number of rotatable bonds is 6. The van der Waals surface area contributed by atoms with Crippen molar-refractivity contribution in [1.82, 2.24) is 19.7 Å². The summed E-state index contributed by atoms with van der Waals surface area (Å²) in [5, 5.41) is 7.65. The molecule has 7 heteroatoms. The summed E-state index contributed by atoms with van der Waals surface area (Å²) in [6, 6.07) is 22.4. The van der Waals surface area contributed by atoms with Gasteiger partial charge >= 0.3 is 0 Å². The summed E-state index contributed by atoms with van der Waals surface area (Å²) in [5.41, 5.74) is 2.14. The summed E-state index contributed by atoms with van der Waals surface area (Å²) < 4.78 is 6.45. The van der Waals surface area contributed by atoms with Crippen molar-refractivity contribution in [2.45, 2.75) is 6.54 Å². The summed E-state index contributed by atoms with van der Waals surface area (Å²) in [6.45, 7) is 0.511. The third kappa shape index (κ3) is 4.14. The molecule has 0 unspecified atom stereocenters. The first kappa shape index (κ1) is 18.4. The number of hydrogen-bond donors (Lipinski definition) is 1. The van der Waals surface area contributed by atoms with E-state index >= 15 is 0 Å². The van der Waals surface area contributed by atoms with Gasteiger partial charge in [0.2, 0.25) is 5.95 Å². The molecule has 0 aliphatic rings. The lowest BCUT2D eigenvalue weighted by atomic mass is 10.2. The summed E-state index contributed by atoms with van der Waals surface area (Å²) in [4.78, 5) is 21.6. The summed E-state index contributed by atoms with van der Waals surface area (Å²) in [7, 11) is 1.61. The molecule has 0 amide bonds. The first-order valence-electron chi connectivity index (χ1n) is 9.09. The average Bonchev–Trinajstić information content (AvgIpc) is 3.23. The van der Waals surface area contributed by atoms with Gasteiger partial charge in [0.15, 0.2) is 5.82 Å². The monoisotopic (exact) mass is 385 g/mol. The maximum absolute atomic E-state index is 13.0. The average molecular weight is 385 g/mol. The Kier molecular flexibility index (Phi) is 5.29. The van der Waals surface area contributed by atoms with E-state index in [1.54, 1.807) is 31.5 Å². The van der Waals surface area contributed by atoms with E-state index in [0.29, 0.717) is 24.0 Å². The van der Waals surface area contributed by atoms with Gasteiger partial charge < -0.3 is 10.1 Å². The zero-order valence-corrected chi connectivity index (χ0v) is 15.8. The molecule has 1 N–H and O–H groups in total. The summed E-state index contributed by atoms with van der Waals surface area (Å²) in [6.07, 6.45) is 1.58. The molecule has 0 atom stereocenters. The van der Waals surface area contributed by atoms with Crippen molar-refractivity contribution in [2.75, 3.05) is 12.4 Å². The molecule has 2 heterocycles. The second kappa shape index (κ2) is 8.35. The van der Waals surface area contributed by atoms with Gasteiger partial charge in [-0.3, -0.25) is 9.78 Å². The van der Waals surface area contributed by atoms with Crippen molar-refractivity contribution in [2.24, 2.45) is 0 Å². The lowest BCUT2D eigenvalue weighted by Gasteiger charge is -2.06. The van der Waals surface area contributed by atoms with Crippen LogP contribution >= 0.6 is 0 Å². The van der Waals surface area contributed by atoms with Crippen LogP contribution < -0.4 is 10.1 Å². The highest BCUT2D eigenvalue weighted by Crippen LogP contribution is 2.22. The van der Waals surface area contributed by atoms with Crippen molar-refractivity contribution >= 4 is 11.9 Å². The number of pyridine rings is 1. The van der Waals surface area contributed by atoms with Gasteiger partial charge in [0.25, 0.3) is 5.91 Å². The van der Waals surface area contributed by atoms with E-state index in [2.05, 4.69) is 20.4 Å². The molecule has 0 aliphatic carbocycles. The van der Waals surface area contributed by atoms with Crippen LogP contribution in [-0.4, -0.2) is 32.8 Å². The molecule has 2 aromatic carbocycles. The molecule has 0 radical (unpaired) electrons. The van der Waals surface area contributed by atoms with Crippen LogP contribution in [0.3, 0.4) is 0 Å². The van der Waals surface area contributed by atoms with Crippen LogP contribution in [0.4, 0.5) is 5.95 Å². The highest BCUT2D eigenvalue weighted by Gasteiger charge is 2.19. The predicted molar refractivity (Wildman–Crippen MR) is 110 cm³/mol. The maximum Gasteiger partial charge on any atom is 0.299 e. The number of hydrogen-bond acceptors (Lipinski definition) is 6. The first-order chi connectivity index (χ1) is 14.2. The normalized spacial score (nSPS) is 10.5. The quantitative estimate of drug-likeness (QED) is 0.546. The fraction of sp³-hybridized carbons (Fsp3) is 0.0909. The van der Waals surface area contributed by atoms with E-state index in [0.717, 1.165) is 16.9 Å². The number of nitrogens with zero attached hydrogens (tertiary/aromatic N) is 4. The largest absolute Gasteiger partial charge is 0.497 e. The molecular weight excluding hydrogens is 366 g/mol. The van der Waals surface area contributed by atoms with Gasteiger partial charge in [-0.15, -0.1) is 5.10 Å². The number of aromatic nitrogens is 4. The fourth-order valence-corrected chi connectivity index (χ4v) is 2.81. The van der Waals surface area contributed by atoms with E-state index in [-0.39, 0.29) is 5.91 Å². The van der Waals surface area contributed by atoms with Crippen LogP contribution in [-0.2, 0) is 6.54 Å². The van der Waals surface area contributed by atoms with Gasteiger partial charge in [0.1, 0.15) is 11.4 Å². The minimum Gasteiger partial charge on any atom is -0.497 e. The number of benzene rings is 2. The number of nitrogens with one attached hydrogen (secondary N) is 1. The Balaban J connectivity index is 1.68. The fourth-order valence-electron chi connectivity index (χ4n) is 2.81. The Morgan fingerprint density at radius 3 is 2.45 bits per heavy atom. The van der Waals surface area contributed by atoms with E-state index in [9.17, 15) is 4.79 Å². The molecule has 144 valence electrons. The minimum atomic E-state index is -0.353. The number of carbonyl (C=O) groups excluding carboxylic acids is 1. The van der Waals surface area contributed by atoms with Gasteiger partial charge in [-0.1, -0.05) is 36.4 Å². The third-order valence-electron chi connectivity index (χ3n) is 4.33. The molecule has 0 fully saturated rings. The first-order valence-corrected chi connectivity index (χ1v) is 9.09. The minimum absolute atomic E-state index is 0.293. The SMILES string of the molecule is COc1ccc(-c2nc(NCc3ccccc3)n(C(=O)c3ccccn3)n2)cc1. The molecule has 0 saturated heterocycles. The Bertz CT molecular complexity index is 1090. The van der Waals surface area contributed by atoms with E-state index < -0.39 is 0 Å². The molecule has 4 rings (SSSR count). The van der Waals surface area contributed by atoms with E-state index in [4.69, 9.17) is 4.74 Å². The Hall–Kier alpha value is -4.00. The van der Waals surface area contributed by atoms with Crippen LogP contribution in [0.2, 0.25) is 0 Å².